The molecule has 0 aliphatic heterocycles. The molecule has 7 heteroatoms. The van der Waals surface area contributed by atoms with Crippen molar-refractivity contribution in [1.82, 2.24) is 14.5 Å². The van der Waals surface area contributed by atoms with E-state index < -0.39 is 0 Å². The molecule has 3 rings (SSSR count). The molecule has 0 saturated carbocycles. The molecule has 1 amide bonds. The molecule has 124 valence electrons. The van der Waals surface area contributed by atoms with Crippen molar-refractivity contribution in [3.63, 3.8) is 0 Å². The normalized spacial score (nSPS) is 10.7. The van der Waals surface area contributed by atoms with E-state index in [9.17, 15) is 9.90 Å². The lowest BCUT2D eigenvalue weighted by Gasteiger charge is -2.04. The summed E-state index contributed by atoms with van der Waals surface area (Å²) in [5.41, 5.74) is 1.56. The van der Waals surface area contributed by atoms with Crippen molar-refractivity contribution in [2.24, 2.45) is 0 Å². The number of aromatic nitrogens is 3. The molecule has 0 aliphatic rings. The van der Waals surface area contributed by atoms with Gasteiger partial charge in [0.25, 0.3) is 0 Å². The monoisotopic (exact) mass is 342 g/mol. The molecule has 0 bridgehead atoms. The molecule has 0 atom stereocenters. The molecule has 2 heterocycles. The maximum atomic E-state index is 12.0. The van der Waals surface area contributed by atoms with Gasteiger partial charge in [0, 0.05) is 36.3 Å². The van der Waals surface area contributed by atoms with Crippen LogP contribution in [0.15, 0.2) is 42.0 Å². The summed E-state index contributed by atoms with van der Waals surface area (Å²) in [4.78, 5) is 20.6. The summed E-state index contributed by atoms with van der Waals surface area (Å²) in [5, 5.41) is 14.8. The predicted octanol–water partition coefficient (Wildman–Crippen LogP) is 3.44. The number of carbonyl (C=O) groups is 1. The van der Waals surface area contributed by atoms with E-state index in [2.05, 4.69) is 15.3 Å². The summed E-state index contributed by atoms with van der Waals surface area (Å²) in [5.74, 6) is 1.09. The summed E-state index contributed by atoms with van der Waals surface area (Å²) in [7, 11) is 0. The van der Waals surface area contributed by atoms with Gasteiger partial charge in [-0.1, -0.05) is 12.1 Å². The van der Waals surface area contributed by atoms with E-state index in [0.717, 1.165) is 30.0 Å². The van der Waals surface area contributed by atoms with Crippen molar-refractivity contribution >= 4 is 22.4 Å². The molecule has 0 aliphatic carbocycles. The first-order valence-corrected chi connectivity index (χ1v) is 8.52. The molecule has 6 nitrogen and oxygen atoms in total. The number of hydrogen-bond acceptors (Lipinski definition) is 5. The molecule has 0 fully saturated rings. The summed E-state index contributed by atoms with van der Waals surface area (Å²) >= 11 is 1.37. The number of imidazole rings is 1. The van der Waals surface area contributed by atoms with E-state index in [1.54, 1.807) is 24.4 Å². The maximum Gasteiger partial charge on any atom is 0.226 e. The maximum absolute atomic E-state index is 12.0. The van der Waals surface area contributed by atoms with Gasteiger partial charge in [-0.2, -0.15) is 0 Å². The van der Waals surface area contributed by atoms with Crippen LogP contribution in [0.1, 0.15) is 18.7 Å². The first-order chi connectivity index (χ1) is 11.6. The minimum atomic E-state index is -0.0513. The fourth-order valence-electron chi connectivity index (χ4n) is 2.36. The highest BCUT2D eigenvalue weighted by molar-refractivity contribution is 7.14. The Morgan fingerprint density at radius 3 is 3.04 bits per heavy atom. The van der Waals surface area contributed by atoms with Gasteiger partial charge in [-0.3, -0.25) is 4.79 Å². The Kier molecular flexibility index (Phi) is 4.90. The van der Waals surface area contributed by atoms with E-state index in [1.807, 2.05) is 29.1 Å². The Morgan fingerprint density at radius 1 is 1.42 bits per heavy atom. The number of rotatable bonds is 6. The largest absolute Gasteiger partial charge is 0.508 e. The first kappa shape index (κ1) is 16.2. The summed E-state index contributed by atoms with van der Waals surface area (Å²) in [6.07, 6.45) is 4.84. The second-order valence-electron chi connectivity index (χ2n) is 5.41. The van der Waals surface area contributed by atoms with Crippen LogP contribution in [-0.2, 0) is 11.3 Å². The van der Waals surface area contributed by atoms with Crippen molar-refractivity contribution in [2.75, 3.05) is 5.32 Å². The van der Waals surface area contributed by atoms with Crippen LogP contribution < -0.4 is 5.32 Å². The number of carbonyl (C=O) groups excluding carboxylic acids is 1. The lowest BCUT2D eigenvalue weighted by Crippen LogP contribution is -2.12. The molecular formula is C17H18N4O2S. The molecule has 0 spiro atoms. The van der Waals surface area contributed by atoms with E-state index in [0.29, 0.717) is 11.6 Å². The second kappa shape index (κ2) is 7.27. The zero-order valence-electron chi connectivity index (χ0n) is 13.3. The Bertz CT molecular complexity index is 840. The molecule has 0 unspecified atom stereocenters. The quantitative estimate of drug-likeness (QED) is 0.719. The fraction of sp³-hybridized carbons (Fsp3) is 0.235. The third-order valence-electron chi connectivity index (χ3n) is 3.62. The van der Waals surface area contributed by atoms with Crippen LogP contribution in [0.3, 0.4) is 0 Å². The summed E-state index contributed by atoms with van der Waals surface area (Å²) in [6.45, 7) is 2.71. The van der Waals surface area contributed by atoms with Gasteiger partial charge in [0.1, 0.15) is 11.6 Å². The summed E-state index contributed by atoms with van der Waals surface area (Å²) < 4.78 is 2.02. The highest BCUT2D eigenvalue weighted by atomic mass is 32.1. The third-order valence-corrected chi connectivity index (χ3v) is 4.38. The number of aromatic hydroxyl groups is 1. The smallest absolute Gasteiger partial charge is 0.226 e. The van der Waals surface area contributed by atoms with Crippen LogP contribution in [0.25, 0.3) is 11.3 Å². The highest BCUT2D eigenvalue weighted by Crippen LogP contribution is 2.27. The Balaban J connectivity index is 1.53. The molecule has 1 aromatic carbocycles. The number of benzene rings is 1. The number of nitrogens with one attached hydrogen (secondary N) is 1. The van der Waals surface area contributed by atoms with Crippen molar-refractivity contribution in [2.45, 2.75) is 26.3 Å². The number of hydrogen-bond donors (Lipinski definition) is 2. The molecule has 24 heavy (non-hydrogen) atoms. The Morgan fingerprint density at radius 2 is 2.29 bits per heavy atom. The average molecular weight is 342 g/mol. The number of anilines is 1. The van der Waals surface area contributed by atoms with E-state index in [1.165, 1.54) is 11.3 Å². The number of phenols is 1. The third kappa shape index (κ3) is 3.99. The molecule has 0 saturated heterocycles. The van der Waals surface area contributed by atoms with Crippen LogP contribution in [0.4, 0.5) is 5.13 Å². The number of thiazole rings is 1. The van der Waals surface area contributed by atoms with Crippen LogP contribution in [0.2, 0.25) is 0 Å². The molecular weight excluding hydrogens is 324 g/mol. The van der Waals surface area contributed by atoms with E-state index in [4.69, 9.17) is 0 Å². The van der Waals surface area contributed by atoms with Crippen molar-refractivity contribution < 1.29 is 9.90 Å². The van der Waals surface area contributed by atoms with Crippen LogP contribution in [-0.4, -0.2) is 25.5 Å². The Labute approximate surface area is 143 Å². The van der Waals surface area contributed by atoms with Gasteiger partial charge in [0.05, 0.1) is 5.69 Å². The molecule has 2 N–H and O–H groups in total. The van der Waals surface area contributed by atoms with Crippen molar-refractivity contribution in [3.05, 3.63) is 47.9 Å². The minimum absolute atomic E-state index is 0.0513. The topological polar surface area (TPSA) is 80.0 Å². The van der Waals surface area contributed by atoms with Gasteiger partial charge < -0.3 is 15.0 Å². The number of amides is 1. The standard InChI is InChI=1S/C17H18N4O2S/c1-12-18-7-9-21(12)8-3-6-16(23)20-17-19-15(11-24-17)13-4-2-5-14(22)10-13/h2,4-5,7,9-11,22H,3,6,8H2,1H3,(H,19,20,23). The van der Waals surface area contributed by atoms with Crippen molar-refractivity contribution in [1.29, 1.82) is 0 Å². The van der Waals surface area contributed by atoms with Crippen LogP contribution >= 0.6 is 11.3 Å². The van der Waals surface area contributed by atoms with Crippen molar-refractivity contribution in [3.8, 4) is 17.0 Å². The number of nitrogens with zero attached hydrogens (tertiary/aromatic N) is 3. The van der Waals surface area contributed by atoms with Gasteiger partial charge in [-0.05, 0) is 25.5 Å². The average Bonchev–Trinajstić information content (AvgIpc) is 3.17. The van der Waals surface area contributed by atoms with Crippen LogP contribution in [0, 0.1) is 6.92 Å². The van der Waals surface area contributed by atoms with Crippen LogP contribution in [0.5, 0.6) is 5.75 Å². The van der Waals surface area contributed by atoms with E-state index in [-0.39, 0.29) is 11.7 Å². The lowest BCUT2D eigenvalue weighted by molar-refractivity contribution is -0.116. The van der Waals surface area contributed by atoms with Gasteiger partial charge in [-0.15, -0.1) is 11.3 Å². The SMILES string of the molecule is Cc1nccn1CCCC(=O)Nc1nc(-c2cccc(O)c2)cs1. The second-order valence-corrected chi connectivity index (χ2v) is 6.27. The fourth-order valence-corrected chi connectivity index (χ4v) is 3.10. The minimum Gasteiger partial charge on any atom is -0.508 e. The van der Waals surface area contributed by atoms with Gasteiger partial charge >= 0.3 is 0 Å². The highest BCUT2D eigenvalue weighted by Gasteiger charge is 2.09. The first-order valence-electron chi connectivity index (χ1n) is 7.64. The number of aryl methyl sites for hydroxylation is 2. The molecule has 2 aromatic heterocycles. The van der Waals surface area contributed by atoms with Gasteiger partial charge in [0.15, 0.2) is 5.13 Å². The zero-order chi connectivity index (χ0) is 16.9. The number of phenolic OH excluding ortho intramolecular Hbond substituents is 1. The van der Waals surface area contributed by atoms with Gasteiger partial charge in [0.2, 0.25) is 5.91 Å². The van der Waals surface area contributed by atoms with E-state index >= 15 is 0 Å². The Hall–Kier alpha value is -2.67. The molecule has 0 radical (unpaired) electrons. The van der Waals surface area contributed by atoms with Gasteiger partial charge in [-0.25, -0.2) is 9.97 Å². The summed E-state index contributed by atoms with van der Waals surface area (Å²) in [6, 6.07) is 6.89. The lowest BCUT2D eigenvalue weighted by atomic mass is 10.2. The molecule has 3 aromatic rings. The zero-order valence-corrected chi connectivity index (χ0v) is 14.1. The predicted molar refractivity (Wildman–Crippen MR) is 94.0 cm³/mol.